The number of ketones is 1. The molecule has 19 heavy (non-hydrogen) atoms. The van der Waals surface area contributed by atoms with Crippen LogP contribution in [0, 0.1) is 6.92 Å². The van der Waals surface area contributed by atoms with Gasteiger partial charge in [-0.25, -0.2) is 4.79 Å². The lowest BCUT2D eigenvalue weighted by Crippen LogP contribution is -2.38. The van der Waals surface area contributed by atoms with E-state index < -0.39 is 11.2 Å². The van der Waals surface area contributed by atoms with Crippen molar-refractivity contribution >= 4 is 5.78 Å². The second-order valence-electron chi connectivity index (χ2n) is 4.23. The fraction of sp³-hybridized carbons (Fsp3) is 0.231. The van der Waals surface area contributed by atoms with E-state index in [0.29, 0.717) is 5.69 Å². The first-order chi connectivity index (χ1) is 8.99. The van der Waals surface area contributed by atoms with Crippen LogP contribution in [0.15, 0.2) is 34.0 Å². The highest BCUT2D eigenvalue weighted by Gasteiger charge is 2.11. The Morgan fingerprint density at radius 1 is 1.37 bits per heavy atom. The van der Waals surface area contributed by atoms with E-state index in [9.17, 15) is 14.4 Å². The summed E-state index contributed by atoms with van der Waals surface area (Å²) in [5, 5.41) is 0. The molecule has 0 atom stereocenters. The smallest absolute Gasteiger partial charge is 0.313 e. The lowest BCUT2D eigenvalue weighted by molar-refractivity contribution is 0.101. The first-order valence-corrected chi connectivity index (χ1v) is 5.75. The molecule has 2 heterocycles. The van der Waals surface area contributed by atoms with Gasteiger partial charge < -0.3 is 4.98 Å². The Hall–Kier alpha value is -2.50. The first-order valence-electron chi connectivity index (χ1n) is 5.75. The number of carbonyl (C=O) groups is 1. The average Bonchev–Trinajstić information content (AvgIpc) is 2.34. The second kappa shape index (κ2) is 5.01. The normalized spacial score (nSPS) is 10.4. The largest absolute Gasteiger partial charge is 0.328 e. The number of Topliss-reactive ketones (excluding diaryl/α,β-unsaturated/α-hetero) is 1. The van der Waals surface area contributed by atoms with Gasteiger partial charge in [-0.15, -0.1) is 0 Å². The maximum absolute atomic E-state index is 12.0. The summed E-state index contributed by atoms with van der Waals surface area (Å²) in [5.74, 6) is -0.382. The standard InChI is InChI=1S/C13H13N3O3/c1-8-4-3-5-10(15-8)7-16-12(18)11(9(2)17)6-14-13(16)19/h3-6H,7H2,1-2H3,(H,14,19). The summed E-state index contributed by atoms with van der Waals surface area (Å²) < 4.78 is 0.971. The number of hydrogen-bond donors (Lipinski definition) is 1. The molecule has 0 fully saturated rings. The maximum Gasteiger partial charge on any atom is 0.328 e. The van der Waals surface area contributed by atoms with Crippen LogP contribution in [0.4, 0.5) is 0 Å². The summed E-state index contributed by atoms with van der Waals surface area (Å²) in [5.41, 5.74) is 0.197. The van der Waals surface area contributed by atoms with Gasteiger partial charge in [0.1, 0.15) is 0 Å². The number of nitrogens with zero attached hydrogens (tertiary/aromatic N) is 2. The molecule has 6 nitrogen and oxygen atoms in total. The first kappa shape index (κ1) is 12.9. The molecule has 0 unspecified atom stereocenters. The molecule has 0 radical (unpaired) electrons. The summed E-state index contributed by atoms with van der Waals surface area (Å²) in [6.07, 6.45) is 1.15. The van der Waals surface area contributed by atoms with E-state index in [4.69, 9.17) is 0 Å². The van der Waals surface area contributed by atoms with Gasteiger partial charge in [0.25, 0.3) is 5.56 Å². The Morgan fingerprint density at radius 2 is 2.11 bits per heavy atom. The van der Waals surface area contributed by atoms with Gasteiger partial charge >= 0.3 is 5.69 Å². The van der Waals surface area contributed by atoms with Crippen LogP contribution < -0.4 is 11.2 Å². The number of pyridine rings is 1. The predicted molar refractivity (Wildman–Crippen MR) is 69.4 cm³/mol. The van der Waals surface area contributed by atoms with Gasteiger partial charge in [0.15, 0.2) is 5.78 Å². The van der Waals surface area contributed by atoms with Gasteiger partial charge in [0.05, 0.1) is 17.8 Å². The third-order valence-corrected chi connectivity index (χ3v) is 2.71. The van der Waals surface area contributed by atoms with Crippen molar-refractivity contribution in [3.05, 3.63) is 62.2 Å². The number of hydrogen-bond acceptors (Lipinski definition) is 4. The zero-order valence-electron chi connectivity index (χ0n) is 10.6. The summed E-state index contributed by atoms with van der Waals surface area (Å²) in [7, 11) is 0. The summed E-state index contributed by atoms with van der Waals surface area (Å²) in [6.45, 7) is 3.14. The van der Waals surface area contributed by atoms with E-state index in [2.05, 4.69) is 9.97 Å². The Kier molecular flexibility index (Phi) is 3.41. The Labute approximate surface area is 108 Å². The van der Waals surface area contributed by atoms with Crippen LogP contribution in [0.2, 0.25) is 0 Å². The van der Waals surface area contributed by atoms with Crippen LogP contribution in [-0.4, -0.2) is 20.3 Å². The molecule has 0 spiro atoms. The molecule has 0 aliphatic rings. The van der Waals surface area contributed by atoms with Crippen molar-refractivity contribution in [1.82, 2.24) is 14.5 Å². The van der Waals surface area contributed by atoms with E-state index in [1.165, 1.54) is 6.92 Å². The minimum Gasteiger partial charge on any atom is -0.313 e. The van der Waals surface area contributed by atoms with Crippen molar-refractivity contribution in [3.8, 4) is 0 Å². The number of carbonyl (C=O) groups excluding carboxylic acids is 1. The molecule has 6 heteroatoms. The molecule has 0 saturated heterocycles. The van der Waals surface area contributed by atoms with Gasteiger partial charge in [-0.3, -0.25) is 19.1 Å². The van der Waals surface area contributed by atoms with Crippen LogP contribution in [0.1, 0.15) is 28.7 Å². The molecule has 2 rings (SSSR count). The molecule has 0 saturated carbocycles. The lowest BCUT2D eigenvalue weighted by Gasteiger charge is -2.05. The number of nitrogens with one attached hydrogen (secondary N) is 1. The monoisotopic (exact) mass is 259 g/mol. The van der Waals surface area contributed by atoms with Crippen molar-refractivity contribution in [1.29, 1.82) is 0 Å². The van der Waals surface area contributed by atoms with Crippen molar-refractivity contribution in [2.75, 3.05) is 0 Å². The molecule has 0 aliphatic heterocycles. The van der Waals surface area contributed by atoms with Crippen LogP contribution in [-0.2, 0) is 6.54 Å². The number of H-pyrrole nitrogens is 1. The molecule has 1 N–H and O–H groups in total. The Morgan fingerprint density at radius 3 is 2.74 bits per heavy atom. The van der Waals surface area contributed by atoms with E-state index in [0.717, 1.165) is 16.5 Å². The number of aromatic nitrogens is 3. The van der Waals surface area contributed by atoms with E-state index >= 15 is 0 Å². The molecule has 2 aromatic heterocycles. The highest BCUT2D eigenvalue weighted by Crippen LogP contribution is 1.99. The van der Waals surface area contributed by atoms with E-state index in [-0.39, 0.29) is 17.9 Å². The van der Waals surface area contributed by atoms with Crippen LogP contribution in [0.3, 0.4) is 0 Å². The summed E-state index contributed by atoms with van der Waals surface area (Å²) >= 11 is 0. The number of aromatic amines is 1. The minimum absolute atomic E-state index is 0.0350. The Bertz CT molecular complexity index is 743. The fourth-order valence-electron chi connectivity index (χ4n) is 1.76. The van der Waals surface area contributed by atoms with E-state index in [1.54, 1.807) is 12.1 Å². The van der Waals surface area contributed by atoms with Crippen molar-refractivity contribution in [2.24, 2.45) is 0 Å². The molecule has 0 amide bonds. The maximum atomic E-state index is 12.0. The third-order valence-electron chi connectivity index (χ3n) is 2.71. The third kappa shape index (κ3) is 2.67. The average molecular weight is 259 g/mol. The highest BCUT2D eigenvalue weighted by atomic mass is 16.2. The Balaban J connectivity index is 2.51. The van der Waals surface area contributed by atoms with Gasteiger partial charge in [-0.1, -0.05) is 6.07 Å². The lowest BCUT2D eigenvalue weighted by atomic mass is 10.2. The molecular formula is C13H13N3O3. The quantitative estimate of drug-likeness (QED) is 0.813. The zero-order chi connectivity index (χ0) is 14.0. The van der Waals surface area contributed by atoms with Gasteiger partial charge in [0.2, 0.25) is 0 Å². The molecule has 2 aromatic rings. The van der Waals surface area contributed by atoms with Crippen molar-refractivity contribution in [2.45, 2.75) is 20.4 Å². The van der Waals surface area contributed by atoms with Gasteiger partial charge in [-0.05, 0) is 26.0 Å². The zero-order valence-corrected chi connectivity index (χ0v) is 10.6. The molecule has 0 aliphatic carbocycles. The van der Waals surface area contributed by atoms with Crippen LogP contribution in [0.5, 0.6) is 0 Å². The fourth-order valence-corrected chi connectivity index (χ4v) is 1.76. The topological polar surface area (TPSA) is 84.8 Å². The SMILES string of the molecule is CC(=O)c1c[nH]c(=O)n(Cc2cccc(C)n2)c1=O. The van der Waals surface area contributed by atoms with Crippen LogP contribution in [0.25, 0.3) is 0 Å². The molecule has 98 valence electrons. The van der Waals surface area contributed by atoms with Crippen molar-refractivity contribution < 1.29 is 4.79 Å². The van der Waals surface area contributed by atoms with Gasteiger partial charge in [0, 0.05) is 11.9 Å². The second-order valence-corrected chi connectivity index (χ2v) is 4.23. The van der Waals surface area contributed by atoms with Gasteiger partial charge in [-0.2, -0.15) is 0 Å². The highest BCUT2D eigenvalue weighted by molar-refractivity contribution is 5.93. The van der Waals surface area contributed by atoms with E-state index in [1.807, 2.05) is 13.0 Å². The molecular weight excluding hydrogens is 246 g/mol. The molecule has 0 bridgehead atoms. The summed E-state index contributed by atoms with van der Waals surface area (Å²) in [4.78, 5) is 41.6. The predicted octanol–water partition coefficient (Wildman–Crippen LogP) is 0.491. The minimum atomic E-state index is -0.598. The number of aryl methyl sites for hydroxylation is 1. The van der Waals surface area contributed by atoms with Crippen molar-refractivity contribution in [3.63, 3.8) is 0 Å². The number of rotatable bonds is 3. The summed E-state index contributed by atoms with van der Waals surface area (Å²) in [6, 6.07) is 5.34. The molecule has 0 aromatic carbocycles. The van der Waals surface area contributed by atoms with Crippen LogP contribution >= 0.6 is 0 Å².